The summed E-state index contributed by atoms with van der Waals surface area (Å²) in [6.45, 7) is 7.21. The van der Waals surface area contributed by atoms with Crippen LogP contribution in [0.25, 0.3) is 11.5 Å². The molecule has 5 nitrogen and oxygen atoms in total. The fraction of sp³-hybridized carbons (Fsp3) is 0.500. The smallest absolute Gasteiger partial charge is 0.250 e. The molecule has 2 rings (SSSR count). The molecule has 6 heteroatoms. The molecule has 0 radical (unpaired) electrons. The molecular weight excluding hydrogens is 259 g/mol. The first-order chi connectivity index (χ1) is 9.46. The Hall–Kier alpha value is -1.82. The normalized spacial score (nSPS) is 11.8. The van der Waals surface area contributed by atoms with Crippen LogP contribution >= 0.6 is 0 Å². The zero-order chi connectivity index (χ0) is 14.6. The third-order valence-corrected chi connectivity index (χ3v) is 2.69. The van der Waals surface area contributed by atoms with Gasteiger partial charge in [0.25, 0.3) is 5.89 Å². The highest BCUT2D eigenvalue weighted by Crippen LogP contribution is 2.20. The summed E-state index contributed by atoms with van der Waals surface area (Å²) in [5.41, 5.74) is 0.381. The number of hydrogen-bond donors (Lipinski definition) is 1. The van der Waals surface area contributed by atoms with E-state index in [2.05, 4.69) is 41.3 Å². The van der Waals surface area contributed by atoms with E-state index >= 15 is 0 Å². The Morgan fingerprint density at radius 1 is 1.30 bits per heavy atom. The molecule has 0 amide bonds. The lowest BCUT2D eigenvalue weighted by molar-refractivity contribution is 0.412. The van der Waals surface area contributed by atoms with Gasteiger partial charge < -0.3 is 9.73 Å². The van der Waals surface area contributed by atoms with Crippen LogP contribution in [0.5, 0.6) is 0 Å². The third-order valence-electron chi connectivity index (χ3n) is 2.69. The van der Waals surface area contributed by atoms with Gasteiger partial charge in [-0.15, -0.1) is 10.2 Å². The van der Waals surface area contributed by atoms with E-state index < -0.39 is 5.82 Å². The van der Waals surface area contributed by atoms with Gasteiger partial charge in [0.2, 0.25) is 5.89 Å². The minimum Gasteiger partial charge on any atom is -0.421 e. The molecular formula is C14H19FN4O. The number of aryl methyl sites for hydroxylation is 1. The van der Waals surface area contributed by atoms with E-state index in [0.29, 0.717) is 12.3 Å². The van der Waals surface area contributed by atoms with Gasteiger partial charge in [0.15, 0.2) is 5.82 Å². The van der Waals surface area contributed by atoms with Crippen molar-refractivity contribution in [1.82, 2.24) is 20.5 Å². The van der Waals surface area contributed by atoms with Crippen LogP contribution in [0.3, 0.4) is 0 Å². The maximum Gasteiger partial charge on any atom is 0.250 e. The van der Waals surface area contributed by atoms with Gasteiger partial charge in [-0.3, -0.25) is 4.98 Å². The number of halogens is 1. The summed E-state index contributed by atoms with van der Waals surface area (Å²) in [5, 5.41) is 11.2. The Morgan fingerprint density at radius 3 is 2.80 bits per heavy atom. The highest BCUT2D eigenvalue weighted by molar-refractivity contribution is 5.51. The molecule has 2 aromatic rings. The molecule has 0 fully saturated rings. The lowest BCUT2D eigenvalue weighted by atomic mass is 10.1. The number of nitrogens with one attached hydrogen (secondary N) is 1. The van der Waals surface area contributed by atoms with Crippen molar-refractivity contribution in [3.05, 3.63) is 30.2 Å². The Balaban J connectivity index is 1.92. The molecule has 2 aromatic heterocycles. The second kappa shape index (κ2) is 6.09. The van der Waals surface area contributed by atoms with Crippen molar-refractivity contribution >= 4 is 0 Å². The summed E-state index contributed by atoms with van der Waals surface area (Å²) in [5.74, 6) is 0.257. The fourth-order valence-corrected chi connectivity index (χ4v) is 1.72. The highest BCUT2D eigenvalue weighted by Gasteiger charge is 2.13. The summed E-state index contributed by atoms with van der Waals surface area (Å²) in [4.78, 5) is 3.69. The summed E-state index contributed by atoms with van der Waals surface area (Å²) in [7, 11) is 0. The maximum absolute atomic E-state index is 13.5. The quantitative estimate of drug-likeness (QED) is 0.852. The molecule has 108 valence electrons. The molecule has 0 aliphatic heterocycles. The van der Waals surface area contributed by atoms with Crippen LogP contribution in [0.1, 0.15) is 33.1 Å². The molecule has 0 aromatic carbocycles. The van der Waals surface area contributed by atoms with Crippen LogP contribution in [-0.2, 0) is 6.42 Å². The molecule has 0 unspecified atom stereocenters. The largest absolute Gasteiger partial charge is 0.421 e. The van der Waals surface area contributed by atoms with Crippen LogP contribution in [0.4, 0.5) is 4.39 Å². The third kappa shape index (κ3) is 4.09. The van der Waals surface area contributed by atoms with Crippen molar-refractivity contribution in [3.63, 3.8) is 0 Å². The van der Waals surface area contributed by atoms with Gasteiger partial charge in [-0.25, -0.2) is 4.39 Å². The van der Waals surface area contributed by atoms with E-state index in [-0.39, 0.29) is 17.0 Å². The molecule has 0 aliphatic rings. The van der Waals surface area contributed by atoms with E-state index in [9.17, 15) is 4.39 Å². The van der Waals surface area contributed by atoms with Crippen LogP contribution in [0, 0.1) is 5.82 Å². The molecule has 20 heavy (non-hydrogen) atoms. The molecule has 0 saturated carbocycles. The van der Waals surface area contributed by atoms with Crippen molar-refractivity contribution in [1.29, 1.82) is 0 Å². The number of hydrogen-bond acceptors (Lipinski definition) is 5. The minimum atomic E-state index is -0.461. The molecule has 0 saturated heterocycles. The topological polar surface area (TPSA) is 63.8 Å². The maximum atomic E-state index is 13.5. The van der Waals surface area contributed by atoms with Crippen molar-refractivity contribution in [2.75, 3.05) is 6.54 Å². The second-order valence-electron chi connectivity index (χ2n) is 5.64. The molecule has 0 spiro atoms. The summed E-state index contributed by atoms with van der Waals surface area (Å²) in [6, 6.07) is 1.52. The van der Waals surface area contributed by atoms with E-state index in [1.54, 1.807) is 0 Å². The fourth-order valence-electron chi connectivity index (χ4n) is 1.72. The van der Waals surface area contributed by atoms with Crippen LogP contribution in [-0.4, -0.2) is 27.3 Å². The molecule has 0 bridgehead atoms. The van der Waals surface area contributed by atoms with Gasteiger partial charge in [-0.1, -0.05) is 0 Å². The lowest BCUT2D eigenvalue weighted by Crippen LogP contribution is -2.36. The predicted molar refractivity (Wildman–Crippen MR) is 73.6 cm³/mol. The van der Waals surface area contributed by atoms with Crippen LogP contribution in [0.15, 0.2) is 22.9 Å². The van der Waals surface area contributed by atoms with Crippen molar-refractivity contribution in [2.45, 2.75) is 39.2 Å². The second-order valence-corrected chi connectivity index (χ2v) is 5.64. The molecule has 1 N–H and O–H groups in total. The predicted octanol–water partition coefficient (Wildman–Crippen LogP) is 2.59. The Kier molecular flexibility index (Phi) is 4.44. The van der Waals surface area contributed by atoms with Gasteiger partial charge in [-0.2, -0.15) is 0 Å². The first kappa shape index (κ1) is 14.6. The number of rotatable bonds is 5. The average Bonchev–Trinajstić information content (AvgIpc) is 2.83. The highest BCUT2D eigenvalue weighted by atomic mass is 19.1. The summed E-state index contributed by atoms with van der Waals surface area (Å²) >= 11 is 0. The number of aromatic nitrogens is 3. The van der Waals surface area contributed by atoms with E-state index in [1.807, 2.05) is 0 Å². The van der Waals surface area contributed by atoms with Gasteiger partial charge in [-0.05, 0) is 39.8 Å². The van der Waals surface area contributed by atoms with Crippen molar-refractivity contribution in [3.8, 4) is 11.5 Å². The Bertz CT molecular complexity index is 562. The monoisotopic (exact) mass is 278 g/mol. The van der Waals surface area contributed by atoms with Gasteiger partial charge >= 0.3 is 0 Å². The Morgan fingerprint density at radius 2 is 2.10 bits per heavy atom. The van der Waals surface area contributed by atoms with Gasteiger partial charge in [0, 0.05) is 18.2 Å². The molecule has 2 heterocycles. The zero-order valence-corrected chi connectivity index (χ0v) is 12.0. The average molecular weight is 278 g/mol. The van der Waals surface area contributed by atoms with E-state index in [4.69, 9.17) is 4.42 Å². The molecule has 0 aliphatic carbocycles. The first-order valence-electron chi connectivity index (χ1n) is 6.63. The van der Waals surface area contributed by atoms with Gasteiger partial charge in [0.1, 0.15) is 0 Å². The Labute approximate surface area is 117 Å². The van der Waals surface area contributed by atoms with Crippen molar-refractivity contribution in [2.24, 2.45) is 0 Å². The molecule has 0 atom stereocenters. The van der Waals surface area contributed by atoms with Crippen LogP contribution < -0.4 is 5.32 Å². The number of nitrogens with zero attached hydrogens (tertiary/aromatic N) is 3. The lowest BCUT2D eigenvalue weighted by Gasteiger charge is -2.19. The van der Waals surface area contributed by atoms with Crippen molar-refractivity contribution < 1.29 is 8.81 Å². The summed E-state index contributed by atoms with van der Waals surface area (Å²) in [6.07, 6.45) is 4.18. The zero-order valence-electron chi connectivity index (χ0n) is 12.0. The van der Waals surface area contributed by atoms with Gasteiger partial charge in [0.05, 0.1) is 11.8 Å². The van der Waals surface area contributed by atoms with E-state index in [1.165, 1.54) is 12.3 Å². The number of pyridine rings is 1. The first-order valence-corrected chi connectivity index (χ1v) is 6.63. The minimum absolute atomic E-state index is 0.0974. The summed E-state index contributed by atoms with van der Waals surface area (Å²) < 4.78 is 19.0. The van der Waals surface area contributed by atoms with Crippen LogP contribution in [0.2, 0.25) is 0 Å². The standard InChI is InChI=1S/C14H19FN4O/c1-14(2,3)17-7-4-5-12-18-19-13(20-12)10-6-8-16-9-11(10)15/h6,8-9,17H,4-5,7H2,1-3H3. The van der Waals surface area contributed by atoms with E-state index in [0.717, 1.165) is 19.2 Å². The SMILES string of the molecule is CC(C)(C)NCCCc1nnc(-c2ccncc2F)o1.